The Morgan fingerprint density at radius 3 is 3.00 bits per heavy atom. The lowest BCUT2D eigenvalue weighted by atomic mass is 10.0. The quantitative estimate of drug-likeness (QED) is 0.664. The Kier molecular flexibility index (Phi) is 1.83. The largest absolute Gasteiger partial charge is 0.384 e. The van der Waals surface area contributed by atoms with E-state index in [4.69, 9.17) is 0 Å². The van der Waals surface area contributed by atoms with Gasteiger partial charge in [-0.2, -0.15) is 0 Å². The number of carbonyl (C=O) groups is 1. The molecule has 0 spiro atoms. The Morgan fingerprint density at radius 1 is 1.54 bits per heavy atom. The van der Waals surface area contributed by atoms with Crippen LogP contribution in [0.2, 0.25) is 0 Å². The van der Waals surface area contributed by atoms with Gasteiger partial charge in [0.25, 0.3) is 0 Å². The van der Waals surface area contributed by atoms with Gasteiger partial charge in [0.2, 0.25) is 0 Å². The normalized spacial score (nSPS) is 19.4. The molecule has 2 nitrogen and oxygen atoms in total. The van der Waals surface area contributed by atoms with E-state index in [9.17, 15) is 4.79 Å². The van der Waals surface area contributed by atoms with Crippen molar-refractivity contribution in [3.05, 3.63) is 29.3 Å². The van der Waals surface area contributed by atoms with Gasteiger partial charge in [-0.25, -0.2) is 0 Å². The van der Waals surface area contributed by atoms with E-state index in [0.717, 1.165) is 17.8 Å². The Balaban J connectivity index is 2.45. The minimum absolute atomic E-state index is 0.129. The third-order valence-electron chi connectivity index (χ3n) is 2.59. The molecule has 1 N–H and O–H groups in total. The Morgan fingerprint density at radius 2 is 2.31 bits per heavy atom. The molecule has 1 aromatic rings. The maximum atomic E-state index is 11.1. The number of rotatable bonds is 1. The van der Waals surface area contributed by atoms with Crippen molar-refractivity contribution >= 4 is 11.5 Å². The van der Waals surface area contributed by atoms with Crippen LogP contribution in [0, 0.1) is 0 Å². The summed E-state index contributed by atoms with van der Waals surface area (Å²) in [5, 5.41) is 3.29. The van der Waals surface area contributed by atoms with Crippen LogP contribution in [0.1, 0.15) is 35.7 Å². The predicted octanol–water partition coefficient (Wildman–Crippen LogP) is 2.42. The van der Waals surface area contributed by atoms with Gasteiger partial charge in [-0.1, -0.05) is 19.1 Å². The molecule has 2 rings (SSSR count). The predicted molar refractivity (Wildman–Crippen MR) is 53.4 cm³/mol. The van der Waals surface area contributed by atoms with Gasteiger partial charge < -0.3 is 5.32 Å². The molecule has 1 aromatic carbocycles. The maximum Gasteiger partial charge on any atom is 0.159 e. The van der Waals surface area contributed by atoms with Crippen LogP contribution in [0.15, 0.2) is 18.2 Å². The summed E-state index contributed by atoms with van der Waals surface area (Å²) in [5.74, 6) is 0.695. The number of benzene rings is 1. The van der Waals surface area contributed by atoms with Crippen molar-refractivity contribution in [2.24, 2.45) is 0 Å². The molecule has 0 radical (unpaired) electrons. The molecule has 0 aromatic heterocycles. The highest BCUT2D eigenvalue weighted by molar-refractivity contribution is 5.95. The lowest BCUT2D eigenvalue weighted by Crippen LogP contribution is -1.96. The highest BCUT2D eigenvalue weighted by atomic mass is 16.1. The van der Waals surface area contributed by atoms with Gasteiger partial charge in [0, 0.05) is 23.7 Å². The summed E-state index contributed by atoms with van der Waals surface area (Å²) in [4.78, 5) is 11.1. The third kappa shape index (κ3) is 1.32. The first-order chi connectivity index (χ1) is 6.18. The van der Waals surface area contributed by atoms with Crippen molar-refractivity contribution in [2.75, 3.05) is 11.9 Å². The van der Waals surface area contributed by atoms with E-state index in [1.165, 1.54) is 5.56 Å². The number of hydrogen-bond acceptors (Lipinski definition) is 2. The van der Waals surface area contributed by atoms with Crippen molar-refractivity contribution in [3.8, 4) is 0 Å². The second-order valence-electron chi connectivity index (χ2n) is 3.64. The first-order valence-corrected chi connectivity index (χ1v) is 4.57. The Bertz CT molecular complexity index is 357. The van der Waals surface area contributed by atoms with Gasteiger partial charge in [0.05, 0.1) is 0 Å². The van der Waals surface area contributed by atoms with Crippen LogP contribution in [-0.4, -0.2) is 12.3 Å². The molecule has 1 heterocycles. The molecule has 0 amide bonds. The van der Waals surface area contributed by atoms with Gasteiger partial charge in [-0.3, -0.25) is 4.79 Å². The second kappa shape index (κ2) is 2.87. The highest BCUT2D eigenvalue weighted by Gasteiger charge is 2.18. The van der Waals surface area contributed by atoms with Crippen LogP contribution in [0.5, 0.6) is 0 Å². The van der Waals surface area contributed by atoms with Gasteiger partial charge in [0.1, 0.15) is 0 Å². The Hall–Kier alpha value is -1.31. The summed E-state index contributed by atoms with van der Waals surface area (Å²) in [6, 6.07) is 5.91. The molecular weight excluding hydrogens is 162 g/mol. The number of fused-ring (bicyclic) bond motifs is 1. The lowest BCUT2D eigenvalue weighted by Gasteiger charge is -2.03. The van der Waals surface area contributed by atoms with Crippen LogP contribution in [0.3, 0.4) is 0 Å². The molecule has 1 atom stereocenters. The Labute approximate surface area is 78.0 Å². The van der Waals surface area contributed by atoms with E-state index in [0.29, 0.717) is 5.92 Å². The first kappa shape index (κ1) is 8.30. The van der Waals surface area contributed by atoms with Crippen LogP contribution < -0.4 is 5.32 Å². The van der Waals surface area contributed by atoms with Gasteiger partial charge >= 0.3 is 0 Å². The number of anilines is 1. The van der Waals surface area contributed by atoms with Crippen LogP contribution in [0.4, 0.5) is 5.69 Å². The van der Waals surface area contributed by atoms with E-state index in [1.54, 1.807) is 6.92 Å². The summed E-state index contributed by atoms with van der Waals surface area (Å²) in [6.07, 6.45) is 0. The van der Waals surface area contributed by atoms with Gasteiger partial charge in [-0.05, 0) is 18.6 Å². The maximum absolute atomic E-state index is 11.1. The molecule has 0 bridgehead atoms. The van der Waals surface area contributed by atoms with Crippen LogP contribution >= 0.6 is 0 Å². The van der Waals surface area contributed by atoms with Crippen LogP contribution in [-0.2, 0) is 0 Å². The zero-order valence-corrected chi connectivity index (χ0v) is 7.92. The van der Waals surface area contributed by atoms with Crippen molar-refractivity contribution in [2.45, 2.75) is 19.8 Å². The molecule has 13 heavy (non-hydrogen) atoms. The molecule has 0 saturated carbocycles. The van der Waals surface area contributed by atoms with E-state index < -0.39 is 0 Å². The van der Waals surface area contributed by atoms with E-state index in [2.05, 4.69) is 18.3 Å². The summed E-state index contributed by atoms with van der Waals surface area (Å²) >= 11 is 0. The number of ketones is 1. The minimum atomic E-state index is 0.129. The van der Waals surface area contributed by atoms with Crippen molar-refractivity contribution in [1.82, 2.24) is 0 Å². The summed E-state index contributed by atoms with van der Waals surface area (Å²) in [7, 11) is 0. The van der Waals surface area contributed by atoms with Crippen molar-refractivity contribution in [3.63, 3.8) is 0 Å². The standard InChI is InChI=1S/C11H13NO/c1-7-6-12-11-5-9(8(2)13)3-4-10(7)11/h3-5,7,12H,6H2,1-2H3. The molecular formula is C11H13NO. The molecule has 1 aliphatic rings. The SMILES string of the molecule is CC(=O)c1ccc2c(c1)NCC2C. The fourth-order valence-electron chi connectivity index (χ4n) is 1.73. The average molecular weight is 175 g/mol. The number of nitrogens with one attached hydrogen (secondary N) is 1. The van der Waals surface area contributed by atoms with Crippen molar-refractivity contribution < 1.29 is 4.79 Å². The van der Waals surface area contributed by atoms with Gasteiger partial charge in [-0.15, -0.1) is 0 Å². The number of hydrogen-bond donors (Lipinski definition) is 1. The molecule has 1 unspecified atom stereocenters. The van der Waals surface area contributed by atoms with E-state index in [1.807, 2.05) is 12.1 Å². The van der Waals surface area contributed by atoms with Crippen LogP contribution in [0.25, 0.3) is 0 Å². The average Bonchev–Trinajstić information content (AvgIpc) is 2.47. The molecule has 0 fully saturated rings. The fourth-order valence-corrected chi connectivity index (χ4v) is 1.73. The molecule has 0 aliphatic carbocycles. The zero-order chi connectivity index (χ0) is 9.42. The zero-order valence-electron chi connectivity index (χ0n) is 7.92. The van der Waals surface area contributed by atoms with Crippen molar-refractivity contribution in [1.29, 1.82) is 0 Å². The highest BCUT2D eigenvalue weighted by Crippen LogP contribution is 2.31. The molecule has 2 heteroatoms. The number of Topliss-reactive ketones (excluding diaryl/α,β-unsaturated/α-hetero) is 1. The summed E-state index contributed by atoms with van der Waals surface area (Å²) in [5.41, 5.74) is 3.24. The van der Waals surface area contributed by atoms with E-state index in [-0.39, 0.29) is 5.78 Å². The smallest absolute Gasteiger partial charge is 0.159 e. The summed E-state index contributed by atoms with van der Waals surface area (Å²) in [6.45, 7) is 4.77. The first-order valence-electron chi connectivity index (χ1n) is 4.57. The lowest BCUT2D eigenvalue weighted by molar-refractivity contribution is 0.101. The summed E-state index contributed by atoms with van der Waals surface area (Å²) < 4.78 is 0. The van der Waals surface area contributed by atoms with Gasteiger partial charge in [0.15, 0.2) is 5.78 Å². The van der Waals surface area contributed by atoms with E-state index >= 15 is 0 Å². The molecule has 68 valence electrons. The number of carbonyl (C=O) groups excluding carboxylic acids is 1. The topological polar surface area (TPSA) is 29.1 Å². The second-order valence-corrected chi connectivity index (χ2v) is 3.64. The fraction of sp³-hybridized carbons (Fsp3) is 0.364. The minimum Gasteiger partial charge on any atom is -0.384 e. The molecule has 1 aliphatic heterocycles. The molecule has 0 saturated heterocycles. The monoisotopic (exact) mass is 175 g/mol. The third-order valence-corrected chi connectivity index (χ3v) is 2.59.